The lowest BCUT2D eigenvalue weighted by Gasteiger charge is -2.06. The molecule has 0 aliphatic rings. The Kier molecular flexibility index (Phi) is 6.44. The van der Waals surface area contributed by atoms with Crippen molar-refractivity contribution in [2.45, 2.75) is 18.2 Å². The second-order valence-electron chi connectivity index (χ2n) is 3.81. The zero-order chi connectivity index (χ0) is 14.3. The van der Waals surface area contributed by atoms with Gasteiger partial charge in [-0.1, -0.05) is 17.7 Å². The zero-order valence-electron chi connectivity index (χ0n) is 10.5. The van der Waals surface area contributed by atoms with Crippen molar-refractivity contribution in [3.8, 4) is 0 Å². The van der Waals surface area contributed by atoms with Crippen molar-refractivity contribution in [2.24, 2.45) is 0 Å². The Morgan fingerprint density at radius 3 is 2.37 bits per heavy atom. The molecule has 0 atom stereocenters. The maximum absolute atomic E-state index is 11.7. The molecule has 106 valence electrons. The molecule has 7 heteroatoms. The molecule has 5 nitrogen and oxygen atoms in total. The molecule has 0 aliphatic carbocycles. The number of hydrogen-bond acceptors (Lipinski definition) is 5. The summed E-state index contributed by atoms with van der Waals surface area (Å²) in [5.41, 5.74) is 0.966. The summed E-state index contributed by atoms with van der Waals surface area (Å²) >= 11 is 5.11. The number of aryl methyl sites for hydroxylation is 1. The van der Waals surface area contributed by atoms with Crippen LogP contribution in [-0.4, -0.2) is 33.5 Å². The van der Waals surface area contributed by atoms with E-state index in [1.807, 2.05) is 6.92 Å². The van der Waals surface area contributed by atoms with Gasteiger partial charge >= 0.3 is 0 Å². The van der Waals surface area contributed by atoms with E-state index in [-0.39, 0.29) is 31.1 Å². The summed E-state index contributed by atoms with van der Waals surface area (Å²) in [6.07, 6.45) is 0.0896. The molecule has 0 unspecified atom stereocenters. The van der Waals surface area contributed by atoms with Crippen LogP contribution in [0.15, 0.2) is 29.2 Å². The molecule has 0 bridgehead atoms. The molecule has 0 aliphatic heterocycles. The Morgan fingerprint density at radius 2 is 1.79 bits per heavy atom. The van der Waals surface area contributed by atoms with Crippen molar-refractivity contribution in [1.82, 2.24) is 0 Å². The smallest absolute Gasteiger partial charge is 0.297 e. The van der Waals surface area contributed by atoms with Crippen LogP contribution in [0.5, 0.6) is 0 Å². The molecule has 1 rings (SSSR count). The topological polar surface area (TPSA) is 69.7 Å². The molecule has 1 aromatic rings. The van der Waals surface area contributed by atoms with E-state index in [4.69, 9.17) is 20.5 Å². The predicted molar refractivity (Wildman–Crippen MR) is 70.6 cm³/mol. The van der Waals surface area contributed by atoms with Crippen molar-refractivity contribution < 1.29 is 22.1 Å². The molecule has 0 N–H and O–H groups in total. The fourth-order valence-corrected chi connectivity index (χ4v) is 2.20. The van der Waals surface area contributed by atoms with Crippen LogP contribution in [0.3, 0.4) is 0 Å². The molecule has 0 saturated heterocycles. The third kappa shape index (κ3) is 6.15. The number of carbonyl (C=O) groups is 1. The van der Waals surface area contributed by atoms with Crippen molar-refractivity contribution in [3.63, 3.8) is 0 Å². The summed E-state index contributed by atoms with van der Waals surface area (Å²) < 4.78 is 33.3. The van der Waals surface area contributed by atoms with E-state index in [1.165, 1.54) is 12.1 Å². The van der Waals surface area contributed by atoms with Gasteiger partial charge in [-0.3, -0.25) is 8.98 Å². The van der Waals surface area contributed by atoms with Crippen molar-refractivity contribution >= 4 is 27.0 Å². The number of halogens is 1. The van der Waals surface area contributed by atoms with Gasteiger partial charge in [-0.15, -0.1) is 0 Å². The van der Waals surface area contributed by atoms with Gasteiger partial charge in [0.05, 0.1) is 24.7 Å². The molecular formula is C12H15ClO5S. The summed E-state index contributed by atoms with van der Waals surface area (Å²) in [6.45, 7) is 1.99. The lowest BCUT2D eigenvalue weighted by molar-refractivity contribution is -0.112. The summed E-state index contributed by atoms with van der Waals surface area (Å²) in [5, 5.41) is -0.492. The molecule has 0 saturated carbocycles. The minimum Gasteiger partial charge on any atom is -0.378 e. The van der Waals surface area contributed by atoms with Gasteiger partial charge in [-0.2, -0.15) is 8.42 Å². The Balaban J connectivity index is 2.35. The normalized spacial score (nSPS) is 11.5. The first-order valence-electron chi connectivity index (χ1n) is 5.64. The highest BCUT2D eigenvalue weighted by Crippen LogP contribution is 2.12. The maximum Gasteiger partial charge on any atom is 0.297 e. The second-order valence-corrected chi connectivity index (χ2v) is 5.84. The highest BCUT2D eigenvalue weighted by molar-refractivity contribution is 7.86. The van der Waals surface area contributed by atoms with Gasteiger partial charge < -0.3 is 4.74 Å². The first kappa shape index (κ1) is 16.1. The van der Waals surface area contributed by atoms with E-state index >= 15 is 0 Å². The summed E-state index contributed by atoms with van der Waals surface area (Å²) in [5.74, 6) is 0. The van der Waals surface area contributed by atoms with E-state index in [0.717, 1.165) is 5.56 Å². The largest absolute Gasteiger partial charge is 0.378 e. The Bertz CT molecular complexity index is 509. The molecule has 1 aromatic carbocycles. The highest BCUT2D eigenvalue weighted by atomic mass is 35.5. The number of carbonyl (C=O) groups excluding carboxylic acids is 1. The SMILES string of the molecule is Cc1ccc(S(=O)(=O)OCCOCCC(=O)Cl)cc1. The van der Waals surface area contributed by atoms with Crippen LogP contribution < -0.4 is 0 Å². The lowest BCUT2D eigenvalue weighted by Crippen LogP contribution is -2.12. The van der Waals surface area contributed by atoms with Crippen molar-refractivity contribution in [2.75, 3.05) is 19.8 Å². The summed E-state index contributed by atoms with van der Waals surface area (Å²) in [4.78, 5) is 10.5. The summed E-state index contributed by atoms with van der Waals surface area (Å²) in [6, 6.07) is 6.35. The Labute approximate surface area is 117 Å². The third-order valence-electron chi connectivity index (χ3n) is 2.22. The quantitative estimate of drug-likeness (QED) is 0.416. The van der Waals surface area contributed by atoms with Gasteiger partial charge in [0.25, 0.3) is 10.1 Å². The van der Waals surface area contributed by atoms with Crippen LogP contribution >= 0.6 is 11.6 Å². The van der Waals surface area contributed by atoms with Crippen LogP contribution in [0.2, 0.25) is 0 Å². The molecule has 0 spiro atoms. The van der Waals surface area contributed by atoms with Gasteiger partial charge in [-0.25, -0.2) is 0 Å². The van der Waals surface area contributed by atoms with Gasteiger partial charge in [-0.05, 0) is 30.7 Å². The molecule has 0 fully saturated rings. The fraction of sp³-hybridized carbons (Fsp3) is 0.417. The average Bonchev–Trinajstić information content (AvgIpc) is 2.34. The zero-order valence-corrected chi connectivity index (χ0v) is 12.0. The summed E-state index contributed by atoms with van der Waals surface area (Å²) in [7, 11) is -3.75. The number of ether oxygens (including phenoxy) is 1. The van der Waals surface area contributed by atoms with Crippen LogP contribution in [0.1, 0.15) is 12.0 Å². The standard InChI is InChI=1S/C12H15ClO5S/c1-10-2-4-11(5-3-10)19(15,16)18-9-8-17-7-6-12(13)14/h2-5H,6-9H2,1H3. The van der Waals surface area contributed by atoms with Crippen LogP contribution in [0.4, 0.5) is 0 Å². The molecular weight excluding hydrogens is 292 g/mol. The fourth-order valence-electron chi connectivity index (χ4n) is 1.23. The van der Waals surface area contributed by atoms with E-state index < -0.39 is 15.4 Å². The highest BCUT2D eigenvalue weighted by Gasteiger charge is 2.14. The first-order chi connectivity index (χ1) is 8.92. The third-order valence-corrected chi connectivity index (χ3v) is 3.73. The molecule has 0 radical (unpaired) electrons. The maximum atomic E-state index is 11.7. The van der Waals surface area contributed by atoms with E-state index in [1.54, 1.807) is 12.1 Å². The van der Waals surface area contributed by atoms with E-state index in [2.05, 4.69) is 0 Å². The second kappa shape index (κ2) is 7.59. The van der Waals surface area contributed by atoms with E-state index in [0.29, 0.717) is 0 Å². The number of benzene rings is 1. The van der Waals surface area contributed by atoms with Crippen LogP contribution in [0.25, 0.3) is 0 Å². The van der Waals surface area contributed by atoms with Gasteiger partial charge in [0.15, 0.2) is 0 Å². The Hall–Kier alpha value is -0.950. The van der Waals surface area contributed by atoms with Crippen molar-refractivity contribution in [3.05, 3.63) is 29.8 Å². The first-order valence-corrected chi connectivity index (χ1v) is 7.42. The van der Waals surface area contributed by atoms with Gasteiger partial charge in [0.1, 0.15) is 0 Å². The molecule has 19 heavy (non-hydrogen) atoms. The van der Waals surface area contributed by atoms with E-state index in [9.17, 15) is 13.2 Å². The Morgan fingerprint density at radius 1 is 1.16 bits per heavy atom. The van der Waals surface area contributed by atoms with Crippen LogP contribution in [-0.2, 0) is 23.8 Å². The minimum absolute atomic E-state index is 0.0786. The van der Waals surface area contributed by atoms with Gasteiger partial charge in [0, 0.05) is 6.42 Å². The van der Waals surface area contributed by atoms with Gasteiger partial charge in [0.2, 0.25) is 5.24 Å². The van der Waals surface area contributed by atoms with Crippen molar-refractivity contribution in [1.29, 1.82) is 0 Å². The minimum atomic E-state index is -3.75. The number of rotatable bonds is 8. The lowest BCUT2D eigenvalue weighted by atomic mass is 10.2. The molecule has 0 amide bonds. The molecule has 0 heterocycles. The molecule has 0 aromatic heterocycles. The average molecular weight is 307 g/mol. The van der Waals surface area contributed by atoms with Crippen LogP contribution in [0, 0.1) is 6.92 Å². The number of hydrogen-bond donors (Lipinski definition) is 0. The monoisotopic (exact) mass is 306 g/mol. The predicted octanol–water partition coefficient (Wildman–Crippen LogP) is 1.87.